The van der Waals surface area contributed by atoms with Gasteiger partial charge in [-0.3, -0.25) is 0 Å². The minimum Gasteiger partial charge on any atom is -0.456 e. The molecule has 0 fully saturated rings. The molecule has 0 amide bonds. The highest BCUT2D eigenvalue weighted by atomic mass is 31.2. The molecule has 0 spiro atoms. The van der Waals surface area contributed by atoms with Gasteiger partial charge in [0, 0.05) is 0 Å². The van der Waals surface area contributed by atoms with Crippen molar-refractivity contribution in [2.24, 2.45) is 0 Å². The molecule has 45 heavy (non-hydrogen) atoms. The fourth-order valence-electron chi connectivity index (χ4n) is 8.02. The van der Waals surface area contributed by atoms with Crippen LogP contribution in [0.15, 0.2) is 115 Å². The lowest BCUT2D eigenvalue weighted by Gasteiger charge is -2.49. The Morgan fingerprint density at radius 2 is 0.822 bits per heavy atom. The van der Waals surface area contributed by atoms with Crippen molar-refractivity contribution in [1.29, 1.82) is 0 Å². The second-order valence-electron chi connectivity index (χ2n) is 12.1. The van der Waals surface area contributed by atoms with Gasteiger partial charge in [0.25, 0.3) is 0 Å². The summed E-state index contributed by atoms with van der Waals surface area (Å²) in [5, 5.41) is 6.59. The predicted octanol–water partition coefficient (Wildman–Crippen LogP) is 9.52. The fourth-order valence-corrected chi connectivity index (χ4v) is 11.6. The number of ether oxygens (including phenoxy) is 3. The number of benzene rings is 7. The second-order valence-corrected chi connectivity index (χ2v) is 14.6. The van der Waals surface area contributed by atoms with Crippen molar-refractivity contribution in [3.63, 3.8) is 0 Å². The van der Waals surface area contributed by atoms with E-state index < -0.39 is 7.14 Å². The minimum atomic E-state index is -3.46. The van der Waals surface area contributed by atoms with E-state index in [2.05, 4.69) is 76.5 Å². The zero-order chi connectivity index (χ0) is 29.2. The fraction of sp³-hybridized carbons (Fsp3) is 0. The van der Waals surface area contributed by atoms with Gasteiger partial charge in [-0.05, 0) is 82.2 Å². The molecular formula is C38H19N2O4P. The molecule has 0 saturated carbocycles. The lowest BCUT2D eigenvalue weighted by Crippen LogP contribution is -2.46. The molecule has 0 unspecified atom stereocenters. The summed E-state index contributed by atoms with van der Waals surface area (Å²) in [5.74, 6) is 4.04. The maximum atomic E-state index is 16.3. The maximum Gasteiger partial charge on any atom is 0.186 e. The van der Waals surface area contributed by atoms with Gasteiger partial charge in [0.05, 0.1) is 38.7 Å². The van der Waals surface area contributed by atoms with Gasteiger partial charge in [0.1, 0.15) is 22.9 Å². The lowest BCUT2D eigenvalue weighted by molar-refractivity contribution is 0.462. The third-order valence-corrected chi connectivity index (χ3v) is 13.0. The van der Waals surface area contributed by atoms with E-state index in [4.69, 9.17) is 14.2 Å². The average Bonchev–Trinajstić information content (AvgIpc) is 3.07. The molecule has 7 heteroatoms. The van der Waals surface area contributed by atoms with E-state index in [1.54, 1.807) is 0 Å². The largest absolute Gasteiger partial charge is 0.456 e. The van der Waals surface area contributed by atoms with Gasteiger partial charge in [0.15, 0.2) is 30.1 Å². The van der Waals surface area contributed by atoms with E-state index >= 15 is 4.57 Å². The smallest absolute Gasteiger partial charge is 0.186 e. The van der Waals surface area contributed by atoms with Crippen LogP contribution in [0.4, 0.5) is 34.1 Å². The SMILES string of the molecule is O=P12c3c4cccc3N3c5cc6ccccc6cc5Oc5ccc(c1c53)Oc1ccc3c(c12)N4c1cc2ccccc2cc1O3. The Morgan fingerprint density at radius 3 is 1.31 bits per heavy atom. The van der Waals surface area contributed by atoms with Crippen LogP contribution in [0, 0.1) is 0 Å². The van der Waals surface area contributed by atoms with Crippen molar-refractivity contribution >= 4 is 78.7 Å². The number of hydrogen-bond donors (Lipinski definition) is 0. The standard InChI is InChI=1S/C38H19N2O4P/c41-45-36-24-10-5-11-25(36)40-27-17-21-7-2-4-9-23(21)19-33(27)43-29-13-15-31(38(45)35(29)40)44-30-14-12-28-34(37(30)45)39(24)26-16-20-6-1-3-8-22(20)18-32(26)42-28/h1-19H. The van der Waals surface area contributed by atoms with Crippen LogP contribution in [-0.4, -0.2) is 0 Å². The summed E-state index contributed by atoms with van der Waals surface area (Å²) in [5.41, 5.74) is 5.16. The molecule has 0 aliphatic carbocycles. The molecule has 5 aliphatic heterocycles. The summed E-state index contributed by atoms with van der Waals surface area (Å²) in [4.78, 5) is 4.47. The van der Waals surface area contributed by atoms with Crippen LogP contribution in [0.2, 0.25) is 0 Å². The Labute approximate surface area is 256 Å². The summed E-state index contributed by atoms with van der Waals surface area (Å²) >= 11 is 0. The van der Waals surface area contributed by atoms with Crippen molar-refractivity contribution in [3.05, 3.63) is 115 Å². The molecule has 5 aliphatic rings. The van der Waals surface area contributed by atoms with Crippen molar-refractivity contribution in [2.75, 3.05) is 9.80 Å². The molecule has 0 saturated heterocycles. The summed E-state index contributed by atoms with van der Waals surface area (Å²) in [6.45, 7) is 0. The first-order valence-corrected chi connectivity index (χ1v) is 16.7. The molecular weight excluding hydrogens is 579 g/mol. The highest BCUT2D eigenvalue weighted by Gasteiger charge is 2.57. The summed E-state index contributed by atoms with van der Waals surface area (Å²) < 4.78 is 36.1. The van der Waals surface area contributed by atoms with E-state index in [0.29, 0.717) is 33.6 Å². The number of nitrogens with zero attached hydrogens (tertiary/aromatic N) is 2. The average molecular weight is 599 g/mol. The van der Waals surface area contributed by atoms with Crippen LogP contribution in [0.3, 0.4) is 0 Å². The molecule has 12 rings (SSSR count). The molecule has 7 aromatic rings. The molecule has 0 atom stereocenters. The van der Waals surface area contributed by atoms with E-state index in [1.807, 2.05) is 48.5 Å². The monoisotopic (exact) mass is 598 g/mol. The molecule has 6 nitrogen and oxygen atoms in total. The van der Waals surface area contributed by atoms with Gasteiger partial charge in [-0.15, -0.1) is 0 Å². The van der Waals surface area contributed by atoms with Crippen molar-refractivity contribution in [3.8, 4) is 34.5 Å². The zero-order valence-electron chi connectivity index (χ0n) is 23.4. The van der Waals surface area contributed by atoms with Gasteiger partial charge in [-0.2, -0.15) is 0 Å². The normalized spacial score (nSPS) is 15.8. The maximum absolute atomic E-state index is 16.3. The van der Waals surface area contributed by atoms with Crippen molar-refractivity contribution in [2.45, 2.75) is 0 Å². The van der Waals surface area contributed by atoms with E-state index in [1.165, 1.54) is 0 Å². The van der Waals surface area contributed by atoms with Gasteiger partial charge in [0.2, 0.25) is 0 Å². The topological polar surface area (TPSA) is 51.2 Å². The van der Waals surface area contributed by atoms with Crippen molar-refractivity contribution < 1.29 is 18.8 Å². The molecule has 0 bridgehead atoms. The molecule has 210 valence electrons. The predicted molar refractivity (Wildman–Crippen MR) is 178 cm³/mol. The van der Waals surface area contributed by atoms with E-state index in [-0.39, 0.29) is 0 Å². The quantitative estimate of drug-likeness (QED) is 0.162. The molecule has 0 N–H and O–H groups in total. The summed E-state index contributed by atoms with van der Waals surface area (Å²) in [7, 11) is -3.46. The third-order valence-electron chi connectivity index (χ3n) is 9.82. The van der Waals surface area contributed by atoms with Crippen LogP contribution in [0.1, 0.15) is 0 Å². The van der Waals surface area contributed by atoms with Gasteiger partial charge < -0.3 is 28.6 Å². The van der Waals surface area contributed by atoms with E-state index in [9.17, 15) is 0 Å². The van der Waals surface area contributed by atoms with Gasteiger partial charge in [-0.25, -0.2) is 0 Å². The Bertz CT molecular complexity index is 2470. The highest BCUT2D eigenvalue weighted by molar-refractivity contribution is 7.87. The van der Waals surface area contributed by atoms with Crippen molar-refractivity contribution in [1.82, 2.24) is 0 Å². The molecule has 7 aromatic carbocycles. The van der Waals surface area contributed by atoms with Crippen LogP contribution in [0.25, 0.3) is 21.5 Å². The Balaban J connectivity index is 1.24. The second kappa shape index (κ2) is 7.32. The Morgan fingerprint density at radius 1 is 0.400 bits per heavy atom. The first-order valence-electron chi connectivity index (χ1n) is 14.9. The number of anilines is 6. The Kier molecular flexibility index (Phi) is 3.70. The van der Waals surface area contributed by atoms with Gasteiger partial charge >= 0.3 is 0 Å². The summed E-state index contributed by atoms with van der Waals surface area (Å²) in [6.07, 6.45) is 0. The zero-order valence-corrected chi connectivity index (χ0v) is 24.3. The highest BCUT2D eigenvalue weighted by Crippen LogP contribution is 2.70. The van der Waals surface area contributed by atoms with Crippen LogP contribution in [0.5, 0.6) is 34.5 Å². The summed E-state index contributed by atoms with van der Waals surface area (Å²) in [6, 6.07) is 39.0. The van der Waals surface area contributed by atoms with Crippen LogP contribution >= 0.6 is 7.14 Å². The third kappa shape index (κ3) is 2.49. The molecule has 5 heterocycles. The van der Waals surface area contributed by atoms with Crippen LogP contribution < -0.4 is 39.9 Å². The minimum absolute atomic E-state index is 0.597. The molecule has 0 aromatic heterocycles. The Hall–Kier alpha value is -5.71. The number of rotatable bonds is 0. The first kappa shape index (κ1) is 22.8. The van der Waals surface area contributed by atoms with E-state index in [0.717, 1.165) is 72.5 Å². The number of fused-ring (bicyclic) bond motifs is 8. The molecule has 0 radical (unpaired) electrons. The van der Waals surface area contributed by atoms with Crippen LogP contribution in [-0.2, 0) is 4.57 Å². The lowest BCUT2D eigenvalue weighted by atomic mass is 10.0. The number of hydrogen-bond acceptors (Lipinski definition) is 6. The first-order chi connectivity index (χ1) is 22.2. The van der Waals surface area contributed by atoms with Gasteiger partial charge in [-0.1, -0.05) is 54.6 Å².